The number of aromatic nitrogens is 1. The van der Waals surface area contributed by atoms with Crippen LogP contribution in [-0.4, -0.2) is 53.6 Å². The Bertz CT molecular complexity index is 592. The standard InChI is InChI=1S/C16H20N2O4/c19-13-8-22-14-12(7-21-15(13)14)18-16(20)10-5-9-3-1-2-4-11(9)17-6-10/h5-6,12-15,19H,1-4,7-8H2,(H,18,20)/t12-,13-,14-,15-/m1/s1. The van der Waals surface area contributed by atoms with Gasteiger partial charge in [-0.15, -0.1) is 0 Å². The summed E-state index contributed by atoms with van der Waals surface area (Å²) < 4.78 is 11.0. The van der Waals surface area contributed by atoms with Gasteiger partial charge in [-0.05, 0) is 37.3 Å². The van der Waals surface area contributed by atoms with E-state index in [1.54, 1.807) is 6.20 Å². The largest absolute Gasteiger partial charge is 0.388 e. The highest BCUT2D eigenvalue weighted by Crippen LogP contribution is 2.27. The molecule has 6 nitrogen and oxygen atoms in total. The number of rotatable bonds is 2. The number of nitrogens with zero attached hydrogens (tertiary/aromatic N) is 1. The van der Waals surface area contributed by atoms with Crippen molar-refractivity contribution in [3.63, 3.8) is 0 Å². The van der Waals surface area contributed by atoms with Gasteiger partial charge >= 0.3 is 0 Å². The molecule has 2 N–H and O–H groups in total. The molecule has 3 aliphatic rings. The fraction of sp³-hybridized carbons (Fsp3) is 0.625. The smallest absolute Gasteiger partial charge is 0.253 e. The maximum Gasteiger partial charge on any atom is 0.253 e. The predicted molar refractivity (Wildman–Crippen MR) is 77.6 cm³/mol. The number of ether oxygens (including phenoxy) is 2. The average molecular weight is 304 g/mol. The number of aryl methyl sites for hydroxylation is 2. The Balaban J connectivity index is 1.46. The van der Waals surface area contributed by atoms with Gasteiger partial charge < -0.3 is 19.9 Å². The Morgan fingerprint density at radius 3 is 2.95 bits per heavy atom. The summed E-state index contributed by atoms with van der Waals surface area (Å²) in [5, 5.41) is 12.7. The summed E-state index contributed by atoms with van der Waals surface area (Å²) in [7, 11) is 0. The molecule has 0 spiro atoms. The van der Waals surface area contributed by atoms with Crippen LogP contribution in [0.1, 0.15) is 34.5 Å². The molecule has 1 aromatic heterocycles. The van der Waals surface area contributed by atoms with Gasteiger partial charge in [0.05, 0.1) is 24.8 Å². The summed E-state index contributed by atoms with van der Waals surface area (Å²) in [6.45, 7) is 0.638. The Labute approximate surface area is 128 Å². The number of hydrogen-bond donors (Lipinski definition) is 2. The van der Waals surface area contributed by atoms with Crippen LogP contribution in [0, 0.1) is 0 Å². The van der Waals surface area contributed by atoms with E-state index in [4.69, 9.17) is 9.47 Å². The number of pyridine rings is 1. The van der Waals surface area contributed by atoms with Gasteiger partial charge in [0.2, 0.25) is 0 Å². The van der Waals surface area contributed by atoms with Gasteiger partial charge in [-0.1, -0.05) is 0 Å². The quantitative estimate of drug-likeness (QED) is 0.817. The van der Waals surface area contributed by atoms with Crippen molar-refractivity contribution in [2.45, 2.75) is 50.0 Å². The molecule has 1 aliphatic carbocycles. The Morgan fingerprint density at radius 2 is 2.05 bits per heavy atom. The summed E-state index contributed by atoms with van der Waals surface area (Å²) in [4.78, 5) is 16.9. The summed E-state index contributed by atoms with van der Waals surface area (Å²) in [5.74, 6) is -0.153. The van der Waals surface area contributed by atoms with Gasteiger partial charge in [-0.25, -0.2) is 0 Å². The molecule has 4 rings (SSSR count). The van der Waals surface area contributed by atoms with Crippen molar-refractivity contribution >= 4 is 5.91 Å². The Kier molecular flexibility index (Phi) is 3.60. The summed E-state index contributed by atoms with van der Waals surface area (Å²) in [6.07, 6.45) is 4.80. The molecular formula is C16H20N2O4. The van der Waals surface area contributed by atoms with E-state index in [0.29, 0.717) is 12.2 Å². The first-order valence-electron chi connectivity index (χ1n) is 7.92. The highest BCUT2D eigenvalue weighted by molar-refractivity contribution is 5.94. The molecule has 3 heterocycles. The van der Waals surface area contributed by atoms with Crippen molar-refractivity contribution in [2.75, 3.05) is 13.2 Å². The predicted octanol–water partition coefficient (Wildman–Crippen LogP) is 0.217. The maximum atomic E-state index is 12.4. The molecule has 6 heteroatoms. The number of aliphatic hydroxyl groups excluding tert-OH is 1. The lowest BCUT2D eigenvalue weighted by Gasteiger charge is -2.19. The lowest BCUT2D eigenvalue weighted by Crippen LogP contribution is -2.44. The van der Waals surface area contributed by atoms with E-state index in [2.05, 4.69) is 10.3 Å². The third-order valence-electron chi connectivity index (χ3n) is 4.78. The third kappa shape index (κ3) is 2.41. The first-order chi connectivity index (χ1) is 10.7. The van der Waals surface area contributed by atoms with Crippen LogP contribution >= 0.6 is 0 Å². The number of amides is 1. The fourth-order valence-electron chi connectivity index (χ4n) is 3.57. The number of aliphatic hydroxyl groups is 1. The average Bonchev–Trinajstić information content (AvgIpc) is 3.11. The molecule has 1 aromatic rings. The van der Waals surface area contributed by atoms with Crippen LogP contribution < -0.4 is 5.32 Å². The van der Waals surface area contributed by atoms with Gasteiger partial charge in [0.15, 0.2) is 0 Å². The van der Waals surface area contributed by atoms with E-state index in [0.717, 1.165) is 25.0 Å². The zero-order chi connectivity index (χ0) is 15.1. The second kappa shape index (κ2) is 5.61. The van der Waals surface area contributed by atoms with Gasteiger partial charge in [0, 0.05) is 11.9 Å². The monoisotopic (exact) mass is 304 g/mol. The van der Waals surface area contributed by atoms with Crippen molar-refractivity contribution in [2.24, 2.45) is 0 Å². The molecule has 0 aromatic carbocycles. The number of carbonyl (C=O) groups excluding carboxylic acids is 1. The minimum Gasteiger partial charge on any atom is -0.388 e. The SMILES string of the molecule is O=C(N[C@@H]1CO[C@H]2[C@@H]1OC[C@H]2O)c1cnc2c(c1)CCCC2. The van der Waals surface area contributed by atoms with Crippen molar-refractivity contribution in [3.8, 4) is 0 Å². The van der Waals surface area contributed by atoms with E-state index in [-0.39, 0.29) is 30.8 Å². The first-order valence-corrected chi connectivity index (χ1v) is 7.92. The maximum absolute atomic E-state index is 12.4. The molecule has 2 fully saturated rings. The molecule has 2 saturated heterocycles. The van der Waals surface area contributed by atoms with Crippen LogP contribution in [0.25, 0.3) is 0 Å². The highest BCUT2D eigenvalue weighted by Gasteiger charge is 2.47. The van der Waals surface area contributed by atoms with E-state index >= 15 is 0 Å². The number of hydrogen-bond acceptors (Lipinski definition) is 5. The number of carbonyl (C=O) groups is 1. The fourth-order valence-corrected chi connectivity index (χ4v) is 3.57. The van der Waals surface area contributed by atoms with Crippen molar-refractivity contribution in [1.82, 2.24) is 10.3 Å². The minimum atomic E-state index is -0.600. The molecule has 0 unspecified atom stereocenters. The number of fused-ring (bicyclic) bond motifs is 2. The molecule has 0 bridgehead atoms. The van der Waals surface area contributed by atoms with Gasteiger partial charge in [0.1, 0.15) is 18.3 Å². The van der Waals surface area contributed by atoms with Crippen LogP contribution in [0.4, 0.5) is 0 Å². The summed E-state index contributed by atoms with van der Waals surface area (Å²) in [5.41, 5.74) is 2.89. The van der Waals surface area contributed by atoms with Gasteiger partial charge in [-0.3, -0.25) is 9.78 Å². The van der Waals surface area contributed by atoms with Crippen LogP contribution in [-0.2, 0) is 22.3 Å². The van der Waals surface area contributed by atoms with Crippen LogP contribution in [0.3, 0.4) is 0 Å². The van der Waals surface area contributed by atoms with Gasteiger partial charge in [0.25, 0.3) is 5.91 Å². The van der Waals surface area contributed by atoms with Crippen LogP contribution in [0.5, 0.6) is 0 Å². The molecule has 2 aliphatic heterocycles. The van der Waals surface area contributed by atoms with Crippen molar-refractivity contribution in [1.29, 1.82) is 0 Å². The molecule has 0 saturated carbocycles. The van der Waals surface area contributed by atoms with E-state index in [1.807, 2.05) is 6.07 Å². The molecule has 4 atom stereocenters. The molecule has 0 radical (unpaired) electrons. The Hall–Kier alpha value is -1.50. The molecular weight excluding hydrogens is 284 g/mol. The second-order valence-electron chi connectivity index (χ2n) is 6.28. The molecule has 118 valence electrons. The van der Waals surface area contributed by atoms with E-state index < -0.39 is 6.10 Å². The zero-order valence-electron chi connectivity index (χ0n) is 12.3. The topological polar surface area (TPSA) is 80.7 Å². The lowest BCUT2D eigenvalue weighted by molar-refractivity contribution is 0.0178. The molecule has 1 amide bonds. The van der Waals surface area contributed by atoms with Crippen LogP contribution in [0.2, 0.25) is 0 Å². The normalized spacial score (nSPS) is 33.3. The number of nitrogens with one attached hydrogen (secondary N) is 1. The zero-order valence-corrected chi connectivity index (χ0v) is 12.3. The first kappa shape index (κ1) is 14.1. The van der Waals surface area contributed by atoms with E-state index in [1.165, 1.54) is 12.0 Å². The third-order valence-corrected chi connectivity index (χ3v) is 4.78. The minimum absolute atomic E-state index is 0.153. The summed E-state index contributed by atoms with van der Waals surface area (Å²) in [6, 6.07) is 1.74. The lowest BCUT2D eigenvalue weighted by atomic mass is 9.95. The van der Waals surface area contributed by atoms with Gasteiger partial charge in [-0.2, -0.15) is 0 Å². The van der Waals surface area contributed by atoms with Crippen molar-refractivity contribution < 1.29 is 19.4 Å². The summed E-state index contributed by atoms with van der Waals surface area (Å²) >= 11 is 0. The van der Waals surface area contributed by atoms with E-state index in [9.17, 15) is 9.90 Å². The van der Waals surface area contributed by atoms with Crippen LogP contribution in [0.15, 0.2) is 12.3 Å². The Morgan fingerprint density at radius 1 is 1.23 bits per heavy atom. The highest BCUT2D eigenvalue weighted by atomic mass is 16.6. The second-order valence-corrected chi connectivity index (χ2v) is 6.28. The van der Waals surface area contributed by atoms with Crippen molar-refractivity contribution in [3.05, 3.63) is 29.1 Å². The molecule has 22 heavy (non-hydrogen) atoms.